The van der Waals surface area contributed by atoms with Gasteiger partial charge in [0.1, 0.15) is 4.21 Å². The van der Waals surface area contributed by atoms with Gasteiger partial charge >= 0.3 is 6.03 Å². The molecule has 9 heteroatoms. The molecule has 1 N–H and O–H groups in total. The zero-order valence-corrected chi connectivity index (χ0v) is 13.9. The molecule has 1 aliphatic rings. The minimum Gasteiger partial charge on any atom is -0.322 e. The third kappa shape index (κ3) is 3.52. The van der Waals surface area contributed by atoms with Gasteiger partial charge in [-0.25, -0.2) is 13.2 Å². The SMILES string of the molecule is O=C(Nc1cccnc1)N1CCN(S(=O)(=O)c2cccs2)CC1. The van der Waals surface area contributed by atoms with E-state index in [4.69, 9.17) is 0 Å². The molecular formula is C14H16N4O3S2. The first kappa shape index (κ1) is 15.9. The molecule has 1 saturated heterocycles. The van der Waals surface area contributed by atoms with Gasteiger partial charge in [-0.05, 0) is 23.6 Å². The Kier molecular flexibility index (Phi) is 4.60. The average Bonchev–Trinajstić information content (AvgIpc) is 3.11. The van der Waals surface area contributed by atoms with Crippen molar-refractivity contribution in [1.29, 1.82) is 0 Å². The van der Waals surface area contributed by atoms with Gasteiger partial charge in [-0.1, -0.05) is 6.07 Å². The number of amides is 2. The first-order valence-corrected chi connectivity index (χ1v) is 9.39. The molecule has 1 fully saturated rings. The molecule has 3 heterocycles. The maximum Gasteiger partial charge on any atom is 0.321 e. The molecule has 3 rings (SSSR count). The maximum absolute atomic E-state index is 12.4. The third-order valence-corrected chi connectivity index (χ3v) is 6.80. The van der Waals surface area contributed by atoms with Crippen LogP contribution >= 0.6 is 11.3 Å². The van der Waals surface area contributed by atoms with Crippen LogP contribution in [0.3, 0.4) is 0 Å². The first-order valence-electron chi connectivity index (χ1n) is 7.07. The quantitative estimate of drug-likeness (QED) is 0.911. The van der Waals surface area contributed by atoms with Crippen molar-refractivity contribution in [3.05, 3.63) is 42.0 Å². The van der Waals surface area contributed by atoms with Crippen LogP contribution in [0.25, 0.3) is 0 Å². The number of carbonyl (C=O) groups is 1. The molecule has 0 saturated carbocycles. The molecule has 2 amide bonds. The third-order valence-electron chi connectivity index (χ3n) is 3.53. The lowest BCUT2D eigenvalue weighted by atomic mass is 10.4. The Hall–Kier alpha value is -1.97. The summed E-state index contributed by atoms with van der Waals surface area (Å²) >= 11 is 1.20. The number of sulfonamides is 1. The lowest BCUT2D eigenvalue weighted by Gasteiger charge is -2.33. The molecule has 23 heavy (non-hydrogen) atoms. The highest BCUT2D eigenvalue weighted by Crippen LogP contribution is 2.22. The minimum absolute atomic E-state index is 0.244. The van der Waals surface area contributed by atoms with E-state index in [2.05, 4.69) is 10.3 Å². The first-order chi connectivity index (χ1) is 11.1. The van der Waals surface area contributed by atoms with Crippen LogP contribution < -0.4 is 5.32 Å². The van der Waals surface area contributed by atoms with Crippen molar-refractivity contribution in [2.75, 3.05) is 31.5 Å². The van der Waals surface area contributed by atoms with Crippen molar-refractivity contribution < 1.29 is 13.2 Å². The van der Waals surface area contributed by atoms with Crippen molar-refractivity contribution >= 4 is 33.1 Å². The van der Waals surface area contributed by atoms with Crippen LogP contribution in [-0.2, 0) is 10.0 Å². The highest BCUT2D eigenvalue weighted by atomic mass is 32.2. The van der Waals surface area contributed by atoms with E-state index in [1.54, 1.807) is 46.9 Å². The number of piperazine rings is 1. The van der Waals surface area contributed by atoms with Gasteiger partial charge in [0.2, 0.25) is 0 Å². The summed E-state index contributed by atoms with van der Waals surface area (Å²) in [4.78, 5) is 17.7. The number of rotatable bonds is 3. The van der Waals surface area contributed by atoms with Gasteiger partial charge in [-0.3, -0.25) is 4.98 Å². The number of carbonyl (C=O) groups excluding carboxylic acids is 1. The Balaban J connectivity index is 1.59. The van der Waals surface area contributed by atoms with E-state index in [-0.39, 0.29) is 6.03 Å². The zero-order valence-electron chi connectivity index (χ0n) is 12.3. The van der Waals surface area contributed by atoms with Crippen LogP contribution in [0.2, 0.25) is 0 Å². The molecule has 0 atom stereocenters. The van der Waals surface area contributed by atoms with Crippen LogP contribution in [0.1, 0.15) is 0 Å². The summed E-state index contributed by atoms with van der Waals surface area (Å²) in [5.41, 5.74) is 0.617. The normalized spacial score (nSPS) is 16.3. The van der Waals surface area contributed by atoms with E-state index in [0.717, 1.165) is 0 Å². The summed E-state index contributed by atoms with van der Waals surface area (Å²) in [5, 5.41) is 4.49. The van der Waals surface area contributed by atoms with Crippen LogP contribution in [0.5, 0.6) is 0 Å². The second-order valence-electron chi connectivity index (χ2n) is 5.00. The van der Waals surface area contributed by atoms with E-state index in [1.165, 1.54) is 15.6 Å². The van der Waals surface area contributed by atoms with E-state index >= 15 is 0 Å². The molecule has 7 nitrogen and oxygen atoms in total. The Morgan fingerprint density at radius 2 is 1.96 bits per heavy atom. The van der Waals surface area contributed by atoms with Gasteiger partial charge in [0, 0.05) is 32.4 Å². The monoisotopic (exact) mass is 352 g/mol. The standard InChI is InChI=1S/C14H16N4O3S2/c19-14(16-12-3-1-5-15-11-12)17-6-8-18(9-7-17)23(20,21)13-4-2-10-22-13/h1-5,10-11H,6-9H2,(H,16,19). The number of nitrogens with one attached hydrogen (secondary N) is 1. The van der Waals surface area contributed by atoms with Crippen LogP contribution in [0.4, 0.5) is 10.5 Å². The Morgan fingerprint density at radius 3 is 2.57 bits per heavy atom. The number of urea groups is 1. The van der Waals surface area contributed by atoms with Gasteiger partial charge < -0.3 is 10.2 Å². The van der Waals surface area contributed by atoms with Crippen molar-refractivity contribution in [2.24, 2.45) is 0 Å². The zero-order chi connectivity index (χ0) is 16.3. The summed E-state index contributed by atoms with van der Waals surface area (Å²) in [6.45, 7) is 1.30. The van der Waals surface area contributed by atoms with Crippen molar-refractivity contribution in [3.8, 4) is 0 Å². The van der Waals surface area contributed by atoms with Gasteiger partial charge in [-0.15, -0.1) is 11.3 Å². The lowest BCUT2D eigenvalue weighted by molar-refractivity contribution is 0.184. The summed E-state index contributed by atoms with van der Waals surface area (Å²) in [6.07, 6.45) is 3.19. The van der Waals surface area contributed by atoms with Gasteiger partial charge in [0.15, 0.2) is 0 Å². The van der Waals surface area contributed by atoms with Gasteiger partial charge in [-0.2, -0.15) is 4.31 Å². The van der Waals surface area contributed by atoms with E-state index in [0.29, 0.717) is 36.1 Å². The molecule has 0 unspecified atom stereocenters. The second kappa shape index (κ2) is 6.65. The fourth-order valence-corrected chi connectivity index (χ4v) is 4.88. The van der Waals surface area contributed by atoms with Crippen molar-refractivity contribution in [1.82, 2.24) is 14.2 Å². The predicted molar refractivity (Wildman–Crippen MR) is 87.9 cm³/mol. The molecule has 122 valence electrons. The Bertz CT molecular complexity index is 755. The molecule has 0 spiro atoms. The fraction of sp³-hybridized carbons (Fsp3) is 0.286. The van der Waals surface area contributed by atoms with Crippen LogP contribution in [0, 0.1) is 0 Å². The molecule has 2 aromatic rings. The number of hydrogen-bond acceptors (Lipinski definition) is 5. The number of anilines is 1. The number of hydrogen-bond donors (Lipinski definition) is 1. The van der Waals surface area contributed by atoms with Gasteiger partial charge in [0.05, 0.1) is 11.9 Å². The number of pyridine rings is 1. The molecule has 0 aromatic carbocycles. The van der Waals surface area contributed by atoms with E-state index in [1.807, 2.05) is 0 Å². The number of aromatic nitrogens is 1. The second-order valence-corrected chi connectivity index (χ2v) is 8.11. The molecule has 0 aliphatic carbocycles. The average molecular weight is 352 g/mol. The van der Waals surface area contributed by atoms with Crippen molar-refractivity contribution in [2.45, 2.75) is 4.21 Å². The molecule has 0 bridgehead atoms. The predicted octanol–water partition coefficient (Wildman–Crippen LogP) is 1.68. The van der Waals surface area contributed by atoms with Gasteiger partial charge in [0.25, 0.3) is 10.0 Å². The smallest absolute Gasteiger partial charge is 0.321 e. The summed E-state index contributed by atoms with van der Waals surface area (Å²) < 4.78 is 26.6. The van der Waals surface area contributed by atoms with Crippen LogP contribution in [-0.4, -0.2) is 54.8 Å². The fourth-order valence-electron chi connectivity index (χ4n) is 2.31. The lowest BCUT2D eigenvalue weighted by Crippen LogP contribution is -2.51. The Labute approximate surface area is 138 Å². The highest BCUT2D eigenvalue weighted by molar-refractivity contribution is 7.91. The summed E-state index contributed by atoms with van der Waals surface area (Å²) in [6, 6.07) is 6.56. The topological polar surface area (TPSA) is 82.6 Å². The maximum atomic E-state index is 12.4. The van der Waals surface area contributed by atoms with E-state index < -0.39 is 10.0 Å². The molecular weight excluding hydrogens is 336 g/mol. The number of thiophene rings is 1. The largest absolute Gasteiger partial charge is 0.322 e. The molecule has 2 aromatic heterocycles. The van der Waals surface area contributed by atoms with Crippen LogP contribution in [0.15, 0.2) is 46.2 Å². The van der Waals surface area contributed by atoms with Crippen molar-refractivity contribution in [3.63, 3.8) is 0 Å². The Morgan fingerprint density at radius 1 is 1.17 bits per heavy atom. The molecule has 1 aliphatic heterocycles. The number of nitrogens with zero attached hydrogens (tertiary/aromatic N) is 3. The minimum atomic E-state index is -3.44. The summed E-state index contributed by atoms with van der Waals surface area (Å²) in [5.74, 6) is 0. The van der Waals surface area contributed by atoms with E-state index in [9.17, 15) is 13.2 Å². The summed E-state index contributed by atoms with van der Waals surface area (Å²) in [7, 11) is -3.44. The molecule has 0 radical (unpaired) electrons. The highest BCUT2D eigenvalue weighted by Gasteiger charge is 2.30.